The van der Waals surface area contributed by atoms with Crippen molar-refractivity contribution in [1.29, 1.82) is 0 Å². The first-order valence-electron chi connectivity index (χ1n) is 8.07. The fourth-order valence-corrected chi connectivity index (χ4v) is 4.15. The minimum atomic E-state index is 0.284. The molecule has 3 heterocycles. The fourth-order valence-electron chi connectivity index (χ4n) is 4.15. The van der Waals surface area contributed by atoms with Gasteiger partial charge in [0.25, 0.3) is 0 Å². The van der Waals surface area contributed by atoms with Gasteiger partial charge in [0.15, 0.2) is 0 Å². The molecule has 3 rings (SSSR count). The molecule has 0 aromatic carbocycles. The molecule has 112 valence electrons. The van der Waals surface area contributed by atoms with Gasteiger partial charge in [-0.1, -0.05) is 6.92 Å². The Hall–Kier alpha value is -0.870. The number of aromatic nitrogens is 2. The minimum absolute atomic E-state index is 0.284. The van der Waals surface area contributed by atoms with Gasteiger partial charge in [0, 0.05) is 37.3 Å². The highest BCUT2D eigenvalue weighted by molar-refractivity contribution is 5.12. The van der Waals surface area contributed by atoms with Crippen LogP contribution in [0.1, 0.15) is 44.0 Å². The average molecular weight is 276 g/mol. The van der Waals surface area contributed by atoms with E-state index in [1.54, 1.807) is 0 Å². The van der Waals surface area contributed by atoms with Crippen molar-refractivity contribution < 1.29 is 0 Å². The van der Waals surface area contributed by atoms with Crippen LogP contribution < -0.4 is 5.73 Å². The minimum Gasteiger partial charge on any atom is -0.327 e. The molecule has 2 aliphatic heterocycles. The van der Waals surface area contributed by atoms with Gasteiger partial charge in [0.2, 0.25) is 0 Å². The molecule has 1 aromatic heterocycles. The number of fused-ring (bicyclic) bond motifs is 2. The van der Waals surface area contributed by atoms with Crippen LogP contribution in [0.2, 0.25) is 0 Å². The van der Waals surface area contributed by atoms with Gasteiger partial charge in [-0.15, -0.1) is 0 Å². The van der Waals surface area contributed by atoms with Crippen LogP contribution in [0, 0.1) is 5.92 Å². The quantitative estimate of drug-likeness (QED) is 0.911. The molecule has 2 N–H and O–H groups in total. The van der Waals surface area contributed by atoms with Crippen LogP contribution in [0.4, 0.5) is 0 Å². The van der Waals surface area contributed by atoms with E-state index in [2.05, 4.69) is 30.0 Å². The Bertz CT molecular complexity index is 453. The van der Waals surface area contributed by atoms with Gasteiger partial charge in [0.1, 0.15) is 0 Å². The van der Waals surface area contributed by atoms with Crippen molar-refractivity contribution in [3.05, 3.63) is 17.5 Å². The van der Waals surface area contributed by atoms with Crippen LogP contribution in [0.3, 0.4) is 0 Å². The van der Waals surface area contributed by atoms with E-state index < -0.39 is 0 Å². The first-order chi connectivity index (χ1) is 9.58. The standard InChI is InChI=1S/C16H28N4/c1-4-12-9-15(20(3)18-12)10-16(17)11-7-13-5-6-14(8-11)19(13)2/h9,11,13-14,16H,4-8,10,17H2,1-3H3. The summed E-state index contributed by atoms with van der Waals surface area (Å²) in [6.07, 6.45) is 7.28. The van der Waals surface area contributed by atoms with E-state index in [0.29, 0.717) is 5.92 Å². The lowest BCUT2D eigenvalue weighted by Gasteiger charge is -2.38. The number of piperidine rings is 1. The number of hydrogen-bond donors (Lipinski definition) is 1. The molecule has 0 aliphatic carbocycles. The third-order valence-corrected chi connectivity index (χ3v) is 5.57. The second kappa shape index (κ2) is 5.49. The molecule has 0 amide bonds. The Balaban J connectivity index is 1.64. The third kappa shape index (κ3) is 2.51. The molecular weight excluding hydrogens is 248 g/mol. The number of rotatable bonds is 4. The highest BCUT2D eigenvalue weighted by Crippen LogP contribution is 2.38. The SMILES string of the molecule is CCc1cc(CC(N)C2CC3CCC(C2)N3C)n(C)n1. The molecule has 0 radical (unpaired) electrons. The highest BCUT2D eigenvalue weighted by atomic mass is 15.3. The normalized spacial score (nSPS) is 31.7. The van der Waals surface area contributed by atoms with Crippen LogP contribution in [0.15, 0.2) is 6.07 Å². The first kappa shape index (κ1) is 14.1. The van der Waals surface area contributed by atoms with E-state index in [-0.39, 0.29) is 6.04 Å². The zero-order valence-electron chi connectivity index (χ0n) is 13.0. The molecular formula is C16H28N4. The van der Waals surface area contributed by atoms with Gasteiger partial charge in [-0.3, -0.25) is 4.68 Å². The molecule has 2 fully saturated rings. The van der Waals surface area contributed by atoms with Crippen molar-refractivity contribution in [2.75, 3.05) is 7.05 Å². The summed E-state index contributed by atoms with van der Waals surface area (Å²) in [5.41, 5.74) is 9.01. The van der Waals surface area contributed by atoms with E-state index in [9.17, 15) is 0 Å². The van der Waals surface area contributed by atoms with E-state index in [1.807, 2.05) is 11.7 Å². The van der Waals surface area contributed by atoms with Gasteiger partial charge in [-0.25, -0.2) is 0 Å². The summed E-state index contributed by atoms with van der Waals surface area (Å²) in [4.78, 5) is 2.59. The van der Waals surface area contributed by atoms with Crippen molar-refractivity contribution >= 4 is 0 Å². The van der Waals surface area contributed by atoms with Crippen LogP contribution in [0.5, 0.6) is 0 Å². The predicted molar refractivity (Wildman–Crippen MR) is 81.6 cm³/mol. The topological polar surface area (TPSA) is 47.1 Å². The maximum Gasteiger partial charge on any atom is 0.0624 e. The Kier molecular flexibility index (Phi) is 3.87. The Morgan fingerprint density at radius 2 is 1.95 bits per heavy atom. The summed E-state index contributed by atoms with van der Waals surface area (Å²) in [5, 5.41) is 4.53. The number of nitrogens with two attached hydrogens (primary N) is 1. The zero-order chi connectivity index (χ0) is 14.3. The molecule has 4 nitrogen and oxygen atoms in total. The molecule has 20 heavy (non-hydrogen) atoms. The highest BCUT2D eigenvalue weighted by Gasteiger charge is 2.40. The first-order valence-corrected chi connectivity index (χ1v) is 8.07. The van der Waals surface area contributed by atoms with Crippen molar-refractivity contribution in [2.45, 2.75) is 63.6 Å². The third-order valence-electron chi connectivity index (χ3n) is 5.57. The van der Waals surface area contributed by atoms with Crippen LogP contribution in [0.25, 0.3) is 0 Å². The Morgan fingerprint density at radius 3 is 2.50 bits per heavy atom. The molecule has 0 saturated carbocycles. The van der Waals surface area contributed by atoms with Gasteiger partial charge in [-0.05, 0) is 51.1 Å². The smallest absolute Gasteiger partial charge is 0.0624 e. The summed E-state index contributed by atoms with van der Waals surface area (Å²) < 4.78 is 2.02. The van der Waals surface area contributed by atoms with Crippen LogP contribution in [-0.4, -0.2) is 39.9 Å². The zero-order valence-corrected chi connectivity index (χ0v) is 13.0. The van der Waals surface area contributed by atoms with Gasteiger partial charge in [-0.2, -0.15) is 5.10 Å². The van der Waals surface area contributed by atoms with Crippen molar-refractivity contribution in [2.24, 2.45) is 18.7 Å². The molecule has 4 heteroatoms. The van der Waals surface area contributed by atoms with Crippen molar-refractivity contribution in [3.63, 3.8) is 0 Å². The maximum absolute atomic E-state index is 6.54. The lowest BCUT2D eigenvalue weighted by Crippen LogP contribution is -2.46. The van der Waals surface area contributed by atoms with E-state index >= 15 is 0 Å². The van der Waals surface area contributed by atoms with Gasteiger partial charge < -0.3 is 10.6 Å². The summed E-state index contributed by atoms with van der Waals surface area (Å²) in [6.45, 7) is 2.15. The molecule has 0 spiro atoms. The van der Waals surface area contributed by atoms with E-state index in [4.69, 9.17) is 5.73 Å². The van der Waals surface area contributed by atoms with Gasteiger partial charge >= 0.3 is 0 Å². The summed E-state index contributed by atoms with van der Waals surface area (Å²) in [6, 6.07) is 4.07. The molecule has 2 bridgehead atoms. The second-order valence-corrected chi connectivity index (χ2v) is 6.75. The van der Waals surface area contributed by atoms with E-state index in [0.717, 1.165) is 24.9 Å². The van der Waals surface area contributed by atoms with Crippen molar-refractivity contribution in [1.82, 2.24) is 14.7 Å². The monoisotopic (exact) mass is 276 g/mol. The molecule has 2 aliphatic rings. The lowest BCUT2D eigenvalue weighted by atomic mass is 9.83. The van der Waals surface area contributed by atoms with E-state index in [1.165, 1.54) is 37.1 Å². The average Bonchev–Trinajstić information content (AvgIpc) is 2.86. The molecule has 3 atom stereocenters. The Labute approximate surface area is 122 Å². The maximum atomic E-state index is 6.54. The fraction of sp³-hybridized carbons (Fsp3) is 0.812. The Morgan fingerprint density at radius 1 is 1.30 bits per heavy atom. The number of aryl methyl sites for hydroxylation is 2. The molecule has 3 unspecified atom stereocenters. The largest absolute Gasteiger partial charge is 0.327 e. The van der Waals surface area contributed by atoms with Crippen molar-refractivity contribution in [3.8, 4) is 0 Å². The summed E-state index contributed by atoms with van der Waals surface area (Å²) in [5.74, 6) is 0.684. The number of hydrogen-bond acceptors (Lipinski definition) is 3. The van der Waals surface area contributed by atoms with Gasteiger partial charge in [0.05, 0.1) is 5.69 Å². The predicted octanol–water partition coefficient (Wildman–Crippen LogP) is 1.73. The molecule has 1 aromatic rings. The second-order valence-electron chi connectivity index (χ2n) is 6.75. The van der Waals surface area contributed by atoms with Crippen LogP contribution in [-0.2, 0) is 19.9 Å². The number of nitrogens with zero attached hydrogens (tertiary/aromatic N) is 3. The summed E-state index contributed by atoms with van der Waals surface area (Å²) >= 11 is 0. The molecule has 2 saturated heterocycles. The summed E-state index contributed by atoms with van der Waals surface area (Å²) in [7, 11) is 4.33. The van der Waals surface area contributed by atoms with Crippen LogP contribution >= 0.6 is 0 Å². The lowest BCUT2D eigenvalue weighted by molar-refractivity contribution is 0.120.